The van der Waals surface area contributed by atoms with Crippen molar-refractivity contribution in [2.45, 2.75) is 0 Å². The predicted octanol–water partition coefficient (Wildman–Crippen LogP) is 0.509. The fourth-order valence-electron chi connectivity index (χ4n) is 2.60. The maximum absolute atomic E-state index is 12.7. The highest BCUT2D eigenvalue weighted by Gasteiger charge is 2.18. The third-order valence-electron chi connectivity index (χ3n) is 4.02. The van der Waals surface area contributed by atoms with Crippen LogP contribution in [0.15, 0.2) is 35.3 Å². The van der Waals surface area contributed by atoms with Gasteiger partial charge in [-0.2, -0.15) is 0 Å². The highest BCUT2D eigenvalue weighted by atomic mass is 16.5. The van der Waals surface area contributed by atoms with E-state index in [0.29, 0.717) is 23.5 Å². The number of carbonyl (C=O) groups is 1. The molecule has 0 aliphatic carbocycles. The first-order valence-electron chi connectivity index (χ1n) is 8.39. The Kier molecular flexibility index (Phi) is 5.41. The van der Waals surface area contributed by atoms with Crippen molar-refractivity contribution in [2.75, 3.05) is 31.3 Å². The molecule has 3 rings (SSSR count). The Morgan fingerprint density at radius 3 is 2.71 bits per heavy atom. The molecular weight excluding hydrogens is 364 g/mol. The van der Waals surface area contributed by atoms with Gasteiger partial charge in [0.15, 0.2) is 11.5 Å². The molecule has 0 bridgehead atoms. The van der Waals surface area contributed by atoms with Gasteiger partial charge in [0.1, 0.15) is 17.9 Å². The number of hydrogen-bond donors (Lipinski definition) is 3. The van der Waals surface area contributed by atoms with Crippen molar-refractivity contribution in [3.63, 3.8) is 0 Å². The van der Waals surface area contributed by atoms with Gasteiger partial charge in [0.05, 0.1) is 18.1 Å². The van der Waals surface area contributed by atoms with Crippen molar-refractivity contribution in [3.05, 3.63) is 46.4 Å². The van der Waals surface area contributed by atoms with Crippen LogP contribution < -0.4 is 31.8 Å². The summed E-state index contributed by atoms with van der Waals surface area (Å²) in [6.45, 7) is 0.600. The number of amides is 1. The van der Waals surface area contributed by atoms with Crippen LogP contribution in [-0.2, 0) is 7.05 Å². The van der Waals surface area contributed by atoms with E-state index in [9.17, 15) is 9.59 Å². The number of carbonyl (C=O) groups excluding carboxylic acids is 1. The number of aromatic nitrogens is 3. The number of pyridine rings is 1. The summed E-state index contributed by atoms with van der Waals surface area (Å²) in [6, 6.07) is 6.24. The van der Waals surface area contributed by atoms with Crippen molar-refractivity contribution in [3.8, 4) is 11.5 Å². The van der Waals surface area contributed by atoms with E-state index >= 15 is 0 Å². The highest BCUT2D eigenvalue weighted by Crippen LogP contribution is 2.33. The van der Waals surface area contributed by atoms with Crippen molar-refractivity contribution in [1.29, 1.82) is 0 Å². The summed E-state index contributed by atoms with van der Waals surface area (Å²) in [7, 11) is 2.96. The van der Waals surface area contributed by atoms with Gasteiger partial charge >= 0.3 is 0 Å². The zero-order valence-corrected chi connectivity index (χ0v) is 15.4. The van der Waals surface area contributed by atoms with Crippen LogP contribution in [-0.4, -0.2) is 40.7 Å². The Bertz CT molecular complexity index is 1080. The molecule has 2 heterocycles. The largest absolute Gasteiger partial charge is 0.491 e. The molecule has 0 atom stereocenters. The molecule has 3 aromatic rings. The van der Waals surface area contributed by atoms with Crippen LogP contribution in [0, 0.1) is 0 Å². The average molecular weight is 384 g/mol. The number of nitrogens with two attached hydrogens (primary N) is 2. The lowest BCUT2D eigenvalue weighted by Crippen LogP contribution is -2.25. The summed E-state index contributed by atoms with van der Waals surface area (Å²) in [5.41, 5.74) is 11.2. The Morgan fingerprint density at radius 2 is 2.07 bits per heavy atom. The molecule has 0 aliphatic heterocycles. The zero-order chi connectivity index (χ0) is 20.3. The summed E-state index contributed by atoms with van der Waals surface area (Å²) in [4.78, 5) is 33.5. The van der Waals surface area contributed by atoms with Gasteiger partial charge in [0.25, 0.3) is 11.5 Å². The van der Waals surface area contributed by atoms with Gasteiger partial charge in [-0.15, -0.1) is 0 Å². The van der Waals surface area contributed by atoms with Crippen LogP contribution in [0.25, 0.3) is 10.9 Å². The quantitative estimate of drug-likeness (QED) is 0.557. The molecule has 28 heavy (non-hydrogen) atoms. The Balaban J connectivity index is 2.07. The van der Waals surface area contributed by atoms with Gasteiger partial charge in [-0.1, -0.05) is 0 Å². The number of ether oxygens (including phenoxy) is 2. The average Bonchev–Trinajstić information content (AvgIpc) is 2.70. The van der Waals surface area contributed by atoms with Gasteiger partial charge in [-0.05, 0) is 24.3 Å². The van der Waals surface area contributed by atoms with Crippen LogP contribution in [0.4, 0.5) is 11.8 Å². The molecule has 1 aromatic carbocycles. The highest BCUT2D eigenvalue weighted by molar-refractivity contribution is 6.03. The van der Waals surface area contributed by atoms with E-state index in [-0.39, 0.29) is 34.9 Å². The minimum Gasteiger partial charge on any atom is -0.491 e. The number of fused-ring (bicyclic) bond motifs is 1. The Hall–Kier alpha value is -3.66. The third-order valence-corrected chi connectivity index (χ3v) is 4.02. The van der Waals surface area contributed by atoms with Crippen LogP contribution >= 0.6 is 0 Å². The second-order valence-corrected chi connectivity index (χ2v) is 5.86. The Morgan fingerprint density at radius 1 is 1.29 bits per heavy atom. The van der Waals surface area contributed by atoms with Crippen LogP contribution in [0.1, 0.15) is 10.4 Å². The smallest absolute Gasteiger partial charge is 0.262 e. The summed E-state index contributed by atoms with van der Waals surface area (Å²) in [5.74, 6) is 0.550. The van der Waals surface area contributed by atoms with Gasteiger partial charge in [-0.3, -0.25) is 19.5 Å². The molecule has 2 aromatic heterocycles. The molecule has 5 N–H and O–H groups in total. The lowest BCUT2D eigenvalue weighted by molar-refractivity contribution is 0.102. The second-order valence-electron chi connectivity index (χ2n) is 5.86. The topological polar surface area (TPSA) is 147 Å². The van der Waals surface area contributed by atoms with Crippen LogP contribution in [0.5, 0.6) is 11.5 Å². The van der Waals surface area contributed by atoms with Crippen LogP contribution in [0.3, 0.4) is 0 Å². The number of hydrogen-bond acceptors (Lipinski definition) is 8. The monoisotopic (exact) mass is 384 g/mol. The van der Waals surface area contributed by atoms with E-state index in [4.69, 9.17) is 20.9 Å². The lowest BCUT2D eigenvalue weighted by Gasteiger charge is -2.15. The number of methoxy groups -OCH3 is 1. The number of anilines is 2. The fraction of sp³-hybridized carbons (Fsp3) is 0.222. The van der Waals surface area contributed by atoms with Gasteiger partial charge < -0.3 is 20.9 Å². The molecule has 0 aliphatic rings. The predicted molar refractivity (Wildman–Crippen MR) is 105 cm³/mol. The number of nitrogen functional groups attached to an aromatic ring is 1. The first-order valence-corrected chi connectivity index (χ1v) is 8.39. The van der Waals surface area contributed by atoms with Crippen molar-refractivity contribution >= 4 is 28.6 Å². The summed E-state index contributed by atoms with van der Waals surface area (Å²) >= 11 is 0. The molecule has 0 fully saturated rings. The van der Waals surface area contributed by atoms with Gasteiger partial charge in [0.2, 0.25) is 5.95 Å². The molecule has 1 amide bonds. The molecule has 0 saturated heterocycles. The molecular formula is C18H20N6O4. The standard InChI is InChI=1S/C18H20N6O4/c1-24-17(26)11-4-5-12(28-8-7-19)15(27-2)14(11)22-18(24)23-16(25)10-3-6-13(20)21-9-10/h3-6,9H,7-8,19H2,1-2H3,(H2,20,21)(H,22,23,25). The first-order chi connectivity index (χ1) is 13.5. The molecule has 10 nitrogen and oxygen atoms in total. The number of nitrogens with zero attached hydrogens (tertiary/aromatic N) is 3. The van der Waals surface area contributed by atoms with E-state index in [2.05, 4.69) is 15.3 Å². The molecule has 0 radical (unpaired) electrons. The molecule has 0 saturated carbocycles. The van der Waals surface area contributed by atoms with Gasteiger partial charge in [0, 0.05) is 19.8 Å². The zero-order valence-electron chi connectivity index (χ0n) is 15.4. The van der Waals surface area contributed by atoms with E-state index in [1.807, 2.05) is 0 Å². The molecule has 0 unspecified atom stereocenters. The Labute approximate surface area is 160 Å². The fourth-order valence-corrected chi connectivity index (χ4v) is 2.60. The van der Waals surface area contributed by atoms with E-state index in [1.165, 1.54) is 37.1 Å². The maximum atomic E-state index is 12.7. The van der Waals surface area contributed by atoms with Crippen molar-refractivity contribution < 1.29 is 14.3 Å². The van der Waals surface area contributed by atoms with Crippen LogP contribution in [0.2, 0.25) is 0 Å². The minimum atomic E-state index is -0.483. The van der Waals surface area contributed by atoms with E-state index in [1.54, 1.807) is 12.1 Å². The van der Waals surface area contributed by atoms with E-state index in [0.717, 1.165) is 0 Å². The van der Waals surface area contributed by atoms with E-state index < -0.39 is 5.91 Å². The summed E-state index contributed by atoms with van der Waals surface area (Å²) in [5, 5.41) is 2.93. The van der Waals surface area contributed by atoms with Gasteiger partial charge in [-0.25, -0.2) is 9.97 Å². The molecule has 10 heteroatoms. The number of rotatable bonds is 6. The molecule has 0 spiro atoms. The third kappa shape index (κ3) is 3.58. The second kappa shape index (κ2) is 7.92. The lowest BCUT2D eigenvalue weighted by atomic mass is 10.2. The van der Waals surface area contributed by atoms with Crippen molar-refractivity contribution in [1.82, 2.24) is 14.5 Å². The summed E-state index contributed by atoms with van der Waals surface area (Å²) < 4.78 is 12.2. The van der Waals surface area contributed by atoms with Crippen molar-refractivity contribution in [2.24, 2.45) is 12.8 Å². The molecule has 146 valence electrons. The number of nitrogens with one attached hydrogen (secondary N) is 1. The maximum Gasteiger partial charge on any atom is 0.262 e. The number of benzene rings is 1. The first kappa shape index (κ1) is 19.1. The summed E-state index contributed by atoms with van der Waals surface area (Å²) in [6.07, 6.45) is 1.34. The SMILES string of the molecule is COc1c(OCCN)ccc2c(=O)n(C)c(NC(=O)c3ccc(N)nc3)nc12. The minimum absolute atomic E-state index is 0.0496. The normalized spacial score (nSPS) is 10.7.